The lowest BCUT2D eigenvalue weighted by Crippen LogP contribution is -2.52. The predicted molar refractivity (Wildman–Crippen MR) is 62.1 cm³/mol. The van der Waals surface area contributed by atoms with Gasteiger partial charge in [-0.3, -0.25) is 4.79 Å². The van der Waals surface area contributed by atoms with Crippen molar-refractivity contribution in [2.75, 3.05) is 5.75 Å². The van der Waals surface area contributed by atoms with E-state index in [0.29, 0.717) is 6.42 Å². The zero-order chi connectivity index (χ0) is 11.7. The summed E-state index contributed by atoms with van der Waals surface area (Å²) in [7, 11) is 0. The fraction of sp³-hybridized carbons (Fsp3) is 0.818. The van der Waals surface area contributed by atoms with Gasteiger partial charge in [0.05, 0.1) is 5.37 Å². The fourth-order valence-electron chi connectivity index (χ4n) is 2.43. The van der Waals surface area contributed by atoms with Crippen molar-refractivity contribution in [3.63, 3.8) is 0 Å². The molecule has 0 spiro atoms. The van der Waals surface area contributed by atoms with Gasteiger partial charge in [0.25, 0.3) is 0 Å². The summed E-state index contributed by atoms with van der Waals surface area (Å²) in [5, 5.41) is 9.26. The Morgan fingerprint density at radius 2 is 2.19 bits per heavy atom. The summed E-state index contributed by atoms with van der Waals surface area (Å²) in [5.41, 5.74) is 0. The molecule has 0 radical (unpaired) electrons. The summed E-state index contributed by atoms with van der Waals surface area (Å²) in [6, 6.07) is -0.598. The first-order chi connectivity index (χ1) is 7.61. The van der Waals surface area contributed by atoms with Crippen LogP contribution in [0.25, 0.3) is 0 Å². The van der Waals surface area contributed by atoms with Crippen molar-refractivity contribution in [3.05, 3.63) is 0 Å². The molecule has 0 aromatic heterocycles. The molecule has 0 saturated carbocycles. The highest BCUT2D eigenvalue weighted by atomic mass is 32.2. The number of amides is 1. The molecule has 2 aliphatic heterocycles. The Balaban J connectivity index is 2.25. The van der Waals surface area contributed by atoms with Gasteiger partial charge in [0.15, 0.2) is 0 Å². The quantitative estimate of drug-likeness (QED) is 0.759. The van der Waals surface area contributed by atoms with Crippen molar-refractivity contribution in [1.29, 1.82) is 0 Å². The normalized spacial score (nSPS) is 35.4. The molecule has 0 aromatic carbocycles. The third-order valence-corrected chi connectivity index (χ3v) is 4.72. The van der Waals surface area contributed by atoms with Crippen LogP contribution in [0.1, 0.15) is 32.6 Å². The van der Waals surface area contributed by atoms with Crippen LogP contribution in [-0.4, -0.2) is 39.1 Å². The van der Waals surface area contributed by atoms with E-state index in [-0.39, 0.29) is 17.2 Å². The van der Waals surface area contributed by atoms with Crippen molar-refractivity contribution < 1.29 is 14.7 Å². The van der Waals surface area contributed by atoms with Crippen molar-refractivity contribution >= 4 is 23.6 Å². The standard InChI is InChI=1S/C11H17NO3S/c1-7-5-6-16-9-4-2-3-8(11(14)15)12(9)10(7)13/h7-9H,2-6H2,1H3,(H,14,15). The molecule has 5 heteroatoms. The van der Waals surface area contributed by atoms with Crippen LogP contribution in [0.3, 0.4) is 0 Å². The number of hydrogen-bond acceptors (Lipinski definition) is 3. The van der Waals surface area contributed by atoms with Crippen LogP contribution in [0.15, 0.2) is 0 Å². The molecule has 2 rings (SSSR count). The maximum Gasteiger partial charge on any atom is 0.326 e. The minimum atomic E-state index is -0.854. The lowest BCUT2D eigenvalue weighted by atomic mass is 9.98. The molecule has 0 aliphatic carbocycles. The number of piperidine rings is 1. The zero-order valence-electron chi connectivity index (χ0n) is 9.39. The van der Waals surface area contributed by atoms with Crippen molar-refractivity contribution in [3.8, 4) is 0 Å². The predicted octanol–water partition coefficient (Wildman–Crippen LogP) is 1.55. The van der Waals surface area contributed by atoms with Gasteiger partial charge in [-0.2, -0.15) is 0 Å². The van der Waals surface area contributed by atoms with Gasteiger partial charge < -0.3 is 10.0 Å². The summed E-state index contributed by atoms with van der Waals surface area (Å²) in [5.74, 6) is 0.104. The van der Waals surface area contributed by atoms with E-state index < -0.39 is 12.0 Å². The van der Waals surface area contributed by atoms with Crippen LogP contribution in [0.2, 0.25) is 0 Å². The molecule has 4 nitrogen and oxygen atoms in total. The van der Waals surface area contributed by atoms with Gasteiger partial charge in [-0.25, -0.2) is 4.79 Å². The number of carbonyl (C=O) groups is 2. The van der Waals surface area contributed by atoms with Crippen LogP contribution < -0.4 is 0 Å². The minimum Gasteiger partial charge on any atom is -0.480 e. The average Bonchev–Trinajstić information content (AvgIpc) is 2.40. The monoisotopic (exact) mass is 243 g/mol. The Morgan fingerprint density at radius 3 is 2.88 bits per heavy atom. The first kappa shape index (κ1) is 11.8. The summed E-state index contributed by atoms with van der Waals surface area (Å²) in [6.45, 7) is 1.90. The summed E-state index contributed by atoms with van der Waals surface area (Å²) in [4.78, 5) is 24.9. The number of aliphatic carboxylic acids is 1. The molecule has 2 heterocycles. The highest BCUT2D eigenvalue weighted by molar-refractivity contribution is 7.99. The number of fused-ring (bicyclic) bond motifs is 1. The second-order valence-electron chi connectivity index (χ2n) is 4.55. The molecule has 1 N–H and O–H groups in total. The van der Waals surface area contributed by atoms with Crippen molar-refractivity contribution in [2.24, 2.45) is 5.92 Å². The summed E-state index contributed by atoms with van der Waals surface area (Å²) < 4.78 is 0. The lowest BCUT2D eigenvalue weighted by Gasteiger charge is -2.39. The largest absolute Gasteiger partial charge is 0.480 e. The molecule has 16 heavy (non-hydrogen) atoms. The number of nitrogens with zero attached hydrogens (tertiary/aromatic N) is 1. The lowest BCUT2D eigenvalue weighted by molar-refractivity contribution is -0.154. The number of carboxylic acids is 1. The molecule has 3 atom stereocenters. The Bertz CT molecular complexity index is 308. The second-order valence-corrected chi connectivity index (χ2v) is 5.83. The van der Waals surface area contributed by atoms with Gasteiger partial charge in [0.1, 0.15) is 6.04 Å². The van der Waals surface area contributed by atoms with E-state index in [4.69, 9.17) is 5.11 Å². The molecule has 2 fully saturated rings. The third kappa shape index (κ3) is 2.05. The van der Waals surface area contributed by atoms with E-state index in [9.17, 15) is 9.59 Å². The van der Waals surface area contributed by atoms with E-state index in [1.165, 1.54) is 0 Å². The first-order valence-electron chi connectivity index (χ1n) is 5.78. The smallest absolute Gasteiger partial charge is 0.326 e. The van der Waals surface area contributed by atoms with Gasteiger partial charge in [-0.05, 0) is 31.4 Å². The molecule has 90 valence electrons. The van der Waals surface area contributed by atoms with Gasteiger partial charge >= 0.3 is 5.97 Å². The van der Waals surface area contributed by atoms with Gasteiger partial charge in [-0.15, -0.1) is 11.8 Å². The Morgan fingerprint density at radius 1 is 1.44 bits per heavy atom. The zero-order valence-corrected chi connectivity index (χ0v) is 10.2. The fourth-order valence-corrected chi connectivity index (χ4v) is 3.93. The number of thioether (sulfide) groups is 1. The topological polar surface area (TPSA) is 57.6 Å². The number of carbonyl (C=O) groups excluding carboxylic acids is 1. The molecular formula is C11H17NO3S. The van der Waals surface area contributed by atoms with E-state index >= 15 is 0 Å². The van der Waals surface area contributed by atoms with Gasteiger partial charge in [-0.1, -0.05) is 6.92 Å². The molecule has 2 saturated heterocycles. The summed E-state index contributed by atoms with van der Waals surface area (Å²) in [6.07, 6.45) is 3.31. The number of carboxylic acid groups (broad SMARTS) is 1. The minimum absolute atomic E-state index is 0.0297. The maximum absolute atomic E-state index is 12.1. The van der Waals surface area contributed by atoms with E-state index in [0.717, 1.165) is 25.0 Å². The van der Waals surface area contributed by atoms with Crippen molar-refractivity contribution in [2.45, 2.75) is 44.0 Å². The van der Waals surface area contributed by atoms with Crippen LogP contribution in [0.5, 0.6) is 0 Å². The Hall–Kier alpha value is -0.710. The second kappa shape index (κ2) is 4.65. The average molecular weight is 243 g/mol. The molecule has 0 bridgehead atoms. The number of hydrogen-bond donors (Lipinski definition) is 1. The van der Waals surface area contributed by atoms with Crippen LogP contribution in [0, 0.1) is 5.92 Å². The van der Waals surface area contributed by atoms with Crippen LogP contribution in [-0.2, 0) is 9.59 Å². The summed E-state index contributed by atoms with van der Waals surface area (Å²) >= 11 is 1.74. The van der Waals surface area contributed by atoms with Crippen molar-refractivity contribution in [1.82, 2.24) is 4.90 Å². The van der Waals surface area contributed by atoms with E-state index in [2.05, 4.69) is 0 Å². The number of rotatable bonds is 1. The Kier molecular flexibility index (Phi) is 3.42. The van der Waals surface area contributed by atoms with Crippen LogP contribution >= 0.6 is 11.8 Å². The van der Waals surface area contributed by atoms with Gasteiger partial charge in [0, 0.05) is 5.92 Å². The highest BCUT2D eigenvalue weighted by Gasteiger charge is 2.41. The SMILES string of the molecule is CC1CCSC2CCCC(C(=O)O)N2C1=O. The third-order valence-electron chi connectivity index (χ3n) is 3.40. The highest BCUT2D eigenvalue weighted by Crippen LogP contribution is 2.35. The Labute approximate surface area is 99.4 Å². The molecular weight excluding hydrogens is 226 g/mol. The molecule has 2 aliphatic rings. The molecule has 1 amide bonds. The van der Waals surface area contributed by atoms with E-state index in [1.54, 1.807) is 16.7 Å². The molecule has 0 aromatic rings. The maximum atomic E-state index is 12.1. The van der Waals surface area contributed by atoms with E-state index in [1.807, 2.05) is 6.92 Å². The van der Waals surface area contributed by atoms with Crippen LogP contribution in [0.4, 0.5) is 0 Å². The first-order valence-corrected chi connectivity index (χ1v) is 6.82. The molecule has 3 unspecified atom stereocenters. The van der Waals surface area contributed by atoms with Gasteiger partial charge in [0.2, 0.25) is 5.91 Å².